The van der Waals surface area contributed by atoms with Gasteiger partial charge in [0.1, 0.15) is 5.54 Å². The Hall–Kier alpha value is -2.28. The molecule has 0 unspecified atom stereocenters. The molecule has 2 fully saturated rings. The van der Waals surface area contributed by atoms with Crippen molar-refractivity contribution in [1.82, 2.24) is 20.4 Å². The van der Waals surface area contributed by atoms with Crippen LogP contribution in [0.4, 0.5) is 9.59 Å². The first-order chi connectivity index (χ1) is 12.9. The topological polar surface area (TPSA) is 81.8 Å². The third-order valence-corrected chi connectivity index (χ3v) is 5.47. The zero-order valence-electron chi connectivity index (χ0n) is 15.5. The molecule has 0 radical (unpaired) electrons. The van der Waals surface area contributed by atoms with Crippen molar-refractivity contribution in [2.24, 2.45) is 0 Å². The second kappa shape index (κ2) is 8.17. The van der Waals surface area contributed by atoms with Crippen molar-refractivity contribution in [2.45, 2.75) is 44.2 Å². The number of hydrogen-bond donors (Lipinski definition) is 2. The quantitative estimate of drug-likeness (QED) is 0.577. The van der Waals surface area contributed by atoms with E-state index < -0.39 is 5.54 Å². The van der Waals surface area contributed by atoms with Gasteiger partial charge in [-0.3, -0.25) is 9.69 Å². The maximum atomic E-state index is 12.5. The van der Waals surface area contributed by atoms with E-state index in [2.05, 4.69) is 10.6 Å². The van der Waals surface area contributed by atoms with Crippen molar-refractivity contribution >= 4 is 29.6 Å². The Kier molecular flexibility index (Phi) is 5.89. The maximum Gasteiger partial charge on any atom is 0.325 e. The highest BCUT2D eigenvalue weighted by atomic mass is 35.5. The average molecular weight is 393 g/mol. The molecule has 5 amide bonds. The molecule has 1 saturated carbocycles. The number of urea groups is 2. The van der Waals surface area contributed by atoms with Crippen LogP contribution in [0.15, 0.2) is 24.3 Å². The van der Waals surface area contributed by atoms with E-state index in [9.17, 15) is 14.4 Å². The van der Waals surface area contributed by atoms with Crippen molar-refractivity contribution in [2.75, 3.05) is 20.1 Å². The zero-order valence-corrected chi connectivity index (χ0v) is 16.2. The summed E-state index contributed by atoms with van der Waals surface area (Å²) in [4.78, 5) is 39.7. The van der Waals surface area contributed by atoms with Gasteiger partial charge in [0, 0.05) is 31.7 Å². The fraction of sp³-hybridized carbons (Fsp3) is 0.526. The number of benzene rings is 1. The van der Waals surface area contributed by atoms with E-state index in [4.69, 9.17) is 11.6 Å². The lowest BCUT2D eigenvalue weighted by Gasteiger charge is -2.20. The minimum Gasteiger partial charge on any atom is -0.338 e. The number of nitrogens with zero attached hydrogens (tertiary/aromatic N) is 2. The molecular weight excluding hydrogens is 368 g/mol. The van der Waals surface area contributed by atoms with Gasteiger partial charge >= 0.3 is 12.1 Å². The van der Waals surface area contributed by atoms with Crippen LogP contribution in [0, 0.1) is 0 Å². The van der Waals surface area contributed by atoms with Gasteiger partial charge in [-0.15, -0.1) is 0 Å². The number of rotatable bonds is 6. The van der Waals surface area contributed by atoms with Crippen LogP contribution in [0.5, 0.6) is 0 Å². The van der Waals surface area contributed by atoms with E-state index in [0.29, 0.717) is 31.1 Å². The molecular formula is C19H25ClN4O3. The molecule has 27 heavy (non-hydrogen) atoms. The number of hydrogen-bond acceptors (Lipinski definition) is 3. The summed E-state index contributed by atoms with van der Waals surface area (Å²) in [6, 6.07) is 6.82. The molecule has 1 aliphatic heterocycles. The van der Waals surface area contributed by atoms with E-state index in [1.807, 2.05) is 12.1 Å². The molecule has 2 N–H and O–H groups in total. The van der Waals surface area contributed by atoms with Gasteiger partial charge in [0.05, 0.1) is 0 Å². The molecule has 1 aliphatic carbocycles. The molecule has 1 spiro atoms. The number of halogens is 1. The summed E-state index contributed by atoms with van der Waals surface area (Å²) >= 11 is 5.86. The van der Waals surface area contributed by atoms with Crippen LogP contribution in [0.2, 0.25) is 5.02 Å². The number of carbonyl (C=O) groups excluding carboxylic acids is 3. The van der Waals surface area contributed by atoms with Crippen LogP contribution in [0.1, 0.15) is 37.7 Å². The van der Waals surface area contributed by atoms with E-state index in [-0.39, 0.29) is 18.0 Å². The van der Waals surface area contributed by atoms with Crippen LogP contribution < -0.4 is 10.6 Å². The number of carbonyl (C=O) groups is 3. The van der Waals surface area contributed by atoms with Crippen LogP contribution in [0.25, 0.3) is 0 Å². The predicted molar refractivity (Wildman–Crippen MR) is 102 cm³/mol. The minimum atomic E-state index is -0.668. The van der Waals surface area contributed by atoms with Gasteiger partial charge < -0.3 is 15.5 Å². The normalized spacial score (nSPS) is 18.1. The molecule has 1 saturated heterocycles. The largest absolute Gasteiger partial charge is 0.338 e. The first-order valence-electron chi connectivity index (χ1n) is 9.29. The fourth-order valence-corrected chi connectivity index (χ4v) is 3.83. The summed E-state index contributed by atoms with van der Waals surface area (Å²) in [6.07, 6.45) is 3.90. The average Bonchev–Trinajstić information content (AvgIpc) is 3.20. The van der Waals surface area contributed by atoms with Gasteiger partial charge in [0.25, 0.3) is 5.91 Å². The van der Waals surface area contributed by atoms with Gasteiger partial charge in [-0.25, -0.2) is 9.59 Å². The van der Waals surface area contributed by atoms with E-state index in [1.54, 1.807) is 24.1 Å². The Morgan fingerprint density at radius 1 is 1.26 bits per heavy atom. The highest BCUT2D eigenvalue weighted by Crippen LogP contribution is 2.34. The predicted octanol–water partition coefficient (Wildman–Crippen LogP) is 2.74. The third kappa shape index (κ3) is 4.35. The molecule has 146 valence electrons. The summed E-state index contributed by atoms with van der Waals surface area (Å²) in [5.41, 5.74) is 0.317. The van der Waals surface area contributed by atoms with Crippen LogP contribution in [-0.4, -0.2) is 53.4 Å². The van der Waals surface area contributed by atoms with Gasteiger partial charge in [0.2, 0.25) is 0 Å². The minimum absolute atomic E-state index is 0.115. The van der Waals surface area contributed by atoms with Crippen molar-refractivity contribution in [1.29, 1.82) is 0 Å². The Balaban J connectivity index is 1.40. The van der Waals surface area contributed by atoms with Gasteiger partial charge in [-0.2, -0.15) is 0 Å². The fourth-order valence-electron chi connectivity index (χ4n) is 3.70. The molecule has 0 atom stereocenters. The number of amides is 5. The smallest absolute Gasteiger partial charge is 0.325 e. The van der Waals surface area contributed by atoms with Crippen LogP contribution in [0.3, 0.4) is 0 Å². The standard InChI is InChI=1S/C19H25ClN4O3/c1-23(13-14-5-7-15(20)8-6-14)17(26)21-11-4-12-24-16(25)19(22-18(24)27)9-2-3-10-19/h5-8H,2-4,9-13H2,1H3,(H,21,26)(H,22,27). The Labute approximate surface area is 164 Å². The molecule has 8 heteroatoms. The van der Waals surface area contributed by atoms with Gasteiger partial charge in [0.15, 0.2) is 0 Å². The number of imide groups is 1. The lowest BCUT2D eigenvalue weighted by molar-refractivity contribution is -0.131. The maximum absolute atomic E-state index is 12.5. The van der Waals surface area contributed by atoms with E-state index in [1.165, 1.54) is 4.90 Å². The molecule has 0 aromatic heterocycles. The summed E-state index contributed by atoms with van der Waals surface area (Å²) < 4.78 is 0. The first-order valence-corrected chi connectivity index (χ1v) is 9.67. The van der Waals surface area contributed by atoms with Crippen LogP contribution in [-0.2, 0) is 11.3 Å². The Morgan fingerprint density at radius 2 is 1.93 bits per heavy atom. The van der Waals surface area contributed by atoms with Crippen molar-refractivity contribution < 1.29 is 14.4 Å². The third-order valence-electron chi connectivity index (χ3n) is 5.22. The van der Waals surface area contributed by atoms with Crippen molar-refractivity contribution in [3.8, 4) is 0 Å². The summed E-state index contributed by atoms with van der Waals surface area (Å²) in [5, 5.41) is 6.34. The zero-order chi connectivity index (χ0) is 19.4. The summed E-state index contributed by atoms with van der Waals surface area (Å²) in [5.74, 6) is -0.115. The first kappa shape index (κ1) is 19.5. The van der Waals surface area contributed by atoms with Crippen molar-refractivity contribution in [3.05, 3.63) is 34.9 Å². The molecule has 2 aliphatic rings. The number of nitrogens with one attached hydrogen (secondary N) is 2. The van der Waals surface area contributed by atoms with E-state index in [0.717, 1.165) is 31.2 Å². The second-order valence-electron chi connectivity index (χ2n) is 7.24. The van der Waals surface area contributed by atoms with E-state index >= 15 is 0 Å². The molecule has 1 aromatic rings. The molecule has 1 heterocycles. The highest BCUT2D eigenvalue weighted by molar-refractivity contribution is 6.30. The lowest BCUT2D eigenvalue weighted by Crippen LogP contribution is -2.44. The lowest BCUT2D eigenvalue weighted by atomic mass is 9.98. The summed E-state index contributed by atoms with van der Waals surface area (Å²) in [6.45, 7) is 1.18. The molecule has 0 bridgehead atoms. The second-order valence-corrected chi connectivity index (χ2v) is 7.68. The monoisotopic (exact) mass is 392 g/mol. The summed E-state index contributed by atoms with van der Waals surface area (Å²) in [7, 11) is 1.71. The Morgan fingerprint density at radius 3 is 2.59 bits per heavy atom. The Bertz CT molecular complexity index is 716. The molecule has 7 nitrogen and oxygen atoms in total. The van der Waals surface area contributed by atoms with Crippen molar-refractivity contribution in [3.63, 3.8) is 0 Å². The van der Waals surface area contributed by atoms with Gasteiger partial charge in [-0.1, -0.05) is 36.6 Å². The van der Waals surface area contributed by atoms with Gasteiger partial charge in [-0.05, 0) is 37.0 Å². The SMILES string of the molecule is CN(Cc1ccc(Cl)cc1)C(=O)NCCCN1C(=O)NC2(CCCC2)C1=O. The van der Waals surface area contributed by atoms with Crippen LogP contribution >= 0.6 is 11.6 Å². The highest BCUT2D eigenvalue weighted by Gasteiger charge is 2.51. The molecule has 1 aromatic carbocycles. The molecule has 3 rings (SSSR count).